The highest BCUT2D eigenvalue weighted by Crippen LogP contribution is 2.33. The van der Waals surface area contributed by atoms with Gasteiger partial charge in [-0.2, -0.15) is 0 Å². The zero-order valence-corrected chi connectivity index (χ0v) is 12.9. The number of nitrogens with zero attached hydrogens (tertiary/aromatic N) is 1. The number of unbranched alkanes of at least 4 members (excludes halogenated alkanes) is 2. The Morgan fingerprint density at radius 1 is 1.06 bits per heavy atom. The van der Waals surface area contributed by atoms with E-state index in [-0.39, 0.29) is 0 Å². The lowest BCUT2D eigenvalue weighted by molar-refractivity contribution is 0.230. The molecule has 108 valence electrons. The molecule has 0 spiro atoms. The summed E-state index contributed by atoms with van der Waals surface area (Å²) in [5, 5.41) is 3.53. The van der Waals surface area contributed by atoms with Gasteiger partial charge in [-0.25, -0.2) is 0 Å². The second-order valence-electron chi connectivity index (χ2n) is 6.53. The fourth-order valence-corrected chi connectivity index (χ4v) is 3.05. The highest BCUT2D eigenvalue weighted by Gasteiger charge is 2.24. The van der Waals surface area contributed by atoms with Gasteiger partial charge < -0.3 is 10.2 Å². The van der Waals surface area contributed by atoms with Crippen molar-refractivity contribution in [2.45, 2.75) is 65.2 Å². The Morgan fingerprint density at radius 3 is 2.61 bits per heavy atom. The Balaban J connectivity index is 2.11. The average molecular weight is 254 g/mol. The molecule has 1 saturated heterocycles. The molecule has 0 bridgehead atoms. The molecule has 1 N–H and O–H groups in total. The van der Waals surface area contributed by atoms with E-state index in [9.17, 15) is 0 Å². The van der Waals surface area contributed by atoms with E-state index in [1.54, 1.807) is 0 Å². The summed E-state index contributed by atoms with van der Waals surface area (Å²) < 4.78 is 0. The SMILES string of the molecule is CCCCCN(C)CCCC1(C)CCCNCC1. The Hall–Kier alpha value is -0.0800. The molecule has 1 aliphatic rings. The van der Waals surface area contributed by atoms with Crippen molar-refractivity contribution in [3.8, 4) is 0 Å². The van der Waals surface area contributed by atoms with Crippen molar-refractivity contribution in [2.75, 3.05) is 33.2 Å². The van der Waals surface area contributed by atoms with Crippen molar-refractivity contribution >= 4 is 0 Å². The van der Waals surface area contributed by atoms with Gasteiger partial charge in [0.25, 0.3) is 0 Å². The Morgan fingerprint density at radius 2 is 1.83 bits per heavy atom. The predicted molar refractivity (Wildman–Crippen MR) is 81.1 cm³/mol. The summed E-state index contributed by atoms with van der Waals surface area (Å²) >= 11 is 0. The third-order valence-corrected chi connectivity index (χ3v) is 4.50. The summed E-state index contributed by atoms with van der Waals surface area (Å²) in [6.07, 6.45) is 11.0. The molecular weight excluding hydrogens is 220 g/mol. The Bertz CT molecular complexity index is 195. The van der Waals surface area contributed by atoms with Crippen molar-refractivity contribution in [3.63, 3.8) is 0 Å². The first-order valence-electron chi connectivity index (χ1n) is 8.05. The smallest absolute Gasteiger partial charge is 0.00216 e. The fraction of sp³-hybridized carbons (Fsp3) is 1.00. The van der Waals surface area contributed by atoms with Crippen molar-refractivity contribution in [1.29, 1.82) is 0 Å². The molecule has 0 aromatic rings. The summed E-state index contributed by atoms with van der Waals surface area (Å²) in [7, 11) is 2.28. The van der Waals surface area contributed by atoms with Gasteiger partial charge in [-0.15, -0.1) is 0 Å². The van der Waals surface area contributed by atoms with Crippen LogP contribution in [0.25, 0.3) is 0 Å². The highest BCUT2D eigenvalue weighted by molar-refractivity contribution is 4.78. The van der Waals surface area contributed by atoms with E-state index in [4.69, 9.17) is 0 Å². The lowest BCUT2D eigenvalue weighted by atomic mass is 9.79. The summed E-state index contributed by atoms with van der Waals surface area (Å²) in [5.74, 6) is 0. The van der Waals surface area contributed by atoms with Crippen LogP contribution >= 0.6 is 0 Å². The monoisotopic (exact) mass is 254 g/mol. The van der Waals surface area contributed by atoms with Gasteiger partial charge >= 0.3 is 0 Å². The zero-order valence-electron chi connectivity index (χ0n) is 12.9. The van der Waals surface area contributed by atoms with Crippen molar-refractivity contribution in [2.24, 2.45) is 5.41 Å². The molecule has 1 fully saturated rings. The average Bonchev–Trinajstić information content (AvgIpc) is 2.55. The fourth-order valence-electron chi connectivity index (χ4n) is 3.05. The van der Waals surface area contributed by atoms with E-state index in [2.05, 4.69) is 31.1 Å². The van der Waals surface area contributed by atoms with Crippen molar-refractivity contribution < 1.29 is 0 Å². The summed E-state index contributed by atoms with van der Waals surface area (Å²) in [6, 6.07) is 0. The third-order valence-electron chi connectivity index (χ3n) is 4.50. The first kappa shape index (κ1) is 16.0. The molecule has 2 heteroatoms. The van der Waals surface area contributed by atoms with Gasteiger partial charge in [0.15, 0.2) is 0 Å². The number of nitrogens with one attached hydrogen (secondary N) is 1. The maximum atomic E-state index is 3.53. The maximum Gasteiger partial charge on any atom is -0.00216 e. The summed E-state index contributed by atoms with van der Waals surface area (Å²) in [5.41, 5.74) is 0.605. The van der Waals surface area contributed by atoms with Crippen LogP contribution in [-0.2, 0) is 0 Å². The molecule has 1 heterocycles. The molecule has 2 nitrogen and oxygen atoms in total. The Labute approximate surface area is 115 Å². The topological polar surface area (TPSA) is 15.3 Å². The molecule has 0 radical (unpaired) electrons. The lowest BCUT2D eigenvalue weighted by Crippen LogP contribution is -2.24. The first-order chi connectivity index (χ1) is 8.66. The lowest BCUT2D eigenvalue weighted by Gasteiger charge is -2.28. The van der Waals surface area contributed by atoms with Crippen LogP contribution in [0.15, 0.2) is 0 Å². The first-order valence-corrected chi connectivity index (χ1v) is 8.05. The molecule has 0 aromatic carbocycles. The predicted octanol–water partition coefficient (Wildman–Crippen LogP) is 3.67. The van der Waals surface area contributed by atoms with E-state index in [1.807, 2.05) is 0 Å². The molecular formula is C16H34N2. The van der Waals surface area contributed by atoms with Crippen LogP contribution in [0.3, 0.4) is 0 Å². The molecule has 1 unspecified atom stereocenters. The van der Waals surface area contributed by atoms with Crippen molar-refractivity contribution in [1.82, 2.24) is 10.2 Å². The van der Waals surface area contributed by atoms with Crippen LogP contribution in [0.2, 0.25) is 0 Å². The summed E-state index contributed by atoms with van der Waals surface area (Å²) in [6.45, 7) is 9.80. The minimum absolute atomic E-state index is 0.605. The standard InChI is InChI=1S/C16H34N2/c1-4-5-6-14-18(3)15-8-10-16(2)9-7-12-17-13-11-16/h17H,4-15H2,1-3H3. The van der Waals surface area contributed by atoms with E-state index in [1.165, 1.54) is 77.5 Å². The molecule has 1 atom stereocenters. The minimum atomic E-state index is 0.605. The maximum absolute atomic E-state index is 3.53. The van der Waals surface area contributed by atoms with E-state index < -0.39 is 0 Å². The van der Waals surface area contributed by atoms with Crippen LogP contribution in [0.5, 0.6) is 0 Å². The highest BCUT2D eigenvalue weighted by atomic mass is 15.1. The van der Waals surface area contributed by atoms with Crippen LogP contribution < -0.4 is 5.32 Å². The van der Waals surface area contributed by atoms with Gasteiger partial charge in [0.05, 0.1) is 0 Å². The quantitative estimate of drug-likeness (QED) is 0.665. The number of hydrogen-bond donors (Lipinski definition) is 1. The van der Waals surface area contributed by atoms with Gasteiger partial charge in [-0.05, 0) is 77.2 Å². The van der Waals surface area contributed by atoms with Crippen molar-refractivity contribution in [3.05, 3.63) is 0 Å². The van der Waals surface area contributed by atoms with E-state index >= 15 is 0 Å². The molecule has 1 rings (SSSR count). The van der Waals surface area contributed by atoms with Crippen LogP contribution in [0.4, 0.5) is 0 Å². The molecule has 0 aliphatic carbocycles. The largest absolute Gasteiger partial charge is 0.317 e. The zero-order chi connectivity index (χ0) is 13.3. The molecule has 0 saturated carbocycles. The van der Waals surface area contributed by atoms with E-state index in [0.717, 1.165) is 0 Å². The van der Waals surface area contributed by atoms with Gasteiger partial charge in [0.1, 0.15) is 0 Å². The molecule has 18 heavy (non-hydrogen) atoms. The normalized spacial score (nSPS) is 25.3. The second kappa shape index (κ2) is 8.92. The van der Waals surface area contributed by atoms with Crippen LogP contribution in [-0.4, -0.2) is 38.1 Å². The third kappa shape index (κ3) is 6.75. The molecule has 0 amide bonds. The molecule has 0 aromatic heterocycles. The number of hydrogen-bond acceptors (Lipinski definition) is 2. The second-order valence-corrected chi connectivity index (χ2v) is 6.53. The van der Waals surface area contributed by atoms with Gasteiger partial charge in [0, 0.05) is 0 Å². The van der Waals surface area contributed by atoms with Gasteiger partial charge in [0.2, 0.25) is 0 Å². The number of rotatable bonds is 8. The van der Waals surface area contributed by atoms with E-state index in [0.29, 0.717) is 5.41 Å². The van der Waals surface area contributed by atoms with Crippen LogP contribution in [0, 0.1) is 5.41 Å². The molecule has 1 aliphatic heterocycles. The van der Waals surface area contributed by atoms with Gasteiger partial charge in [-0.3, -0.25) is 0 Å². The Kier molecular flexibility index (Phi) is 7.92. The van der Waals surface area contributed by atoms with Gasteiger partial charge in [-0.1, -0.05) is 26.7 Å². The summed E-state index contributed by atoms with van der Waals surface area (Å²) in [4.78, 5) is 2.52. The minimum Gasteiger partial charge on any atom is -0.317 e. The van der Waals surface area contributed by atoms with Crippen LogP contribution in [0.1, 0.15) is 65.2 Å².